The maximum absolute atomic E-state index is 5.95. The molecule has 0 saturated carbocycles. The topological polar surface area (TPSA) is 38.5 Å². The maximum atomic E-state index is 5.95. The fraction of sp³-hybridized carbons (Fsp3) is 0.500. The molecule has 0 aliphatic carbocycles. The van der Waals surface area contributed by atoms with Crippen molar-refractivity contribution in [3.05, 3.63) is 29.8 Å². The van der Waals surface area contributed by atoms with Crippen LogP contribution in [0, 0.1) is 0 Å². The van der Waals surface area contributed by atoms with Crippen LogP contribution in [-0.4, -0.2) is 30.6 Å². The van der Waals surface area contributed by atoms with E-state index in [1.807, 2.05) is 12.1 Å². The van der Waals surface area contributed by atoms with Crippen LogP contribution in [-0.2, 0) is 6.54 Å². The largest absolute Gasteiger partial charge is 0.497 e. The second kappa shape index (κ2) is 3.83. The average molecular weight is 206 g/mol. The van der Waals surface area contributed by atoms with Gasteiger partial charge in [0.05, 0.1) is 7.11 Å². The van der Waals surface area contributed by atoms with Crippen LogP contribution in [0.1, 0.15) is 12.5 Å². The molecule has 2 N–H and O–H groups in total. The van der Waals surface area contributed by atoms with Gasteiger partial charge in [-0.1, -0.05) is 12.1 Å². The summed E-state index contributed by atoms with van der Waals surface area (Å²) in [5.74, 6) is 0.908. The van der Waals surface area contributed by atoms with Crippen molar-refractivity contribution in [2.75, 3.05) is 20.2 Å². The van der Waals surface area contributed by atoms with Crippen LogP contribution in [0.4, 0.5) is 0 Å². The lowest BCUT2D eigenvalue weighted by molar-refractivity contribution is 0.0764. The minimum absolute atomic E-state index is 0.0203. The zero-order valence-corrected chi connectivity index (χ0v) is 9.36. The lowest BCUT2D eigenvalue weighted by Crippen LogP contribution is -2.64. The van der Waals surface area contributed by atoms with Gasteiger partial charge in [-0.15, -0.1) is 0 Å². The molecule has 3 heteroatoms. The summed E-state index contributed by atoms with van der Waals surface area (Å²) in [5.41, 5.74) is 7.28. The van der Waals surface area contributed by atoms with Crippen LogP contribution >= 0.6 is 0 Å². The van der Waals surface area contributed by atoms with Crippen molar-refractivity contribution >= 4 is 0 Å². The molecular formula is C12H18N2O. The molecule has 0 radical (unpaired) electrons. The number of benzene rings is 1. The minimum atomic E-state index is 0.0203. The monoisotopic (exact) mass is 206 g/mol. The molecule has 0 bridgehead atoms. The number of nitrogens with two attached hydrogens (primary N) is 1. The Balaban J connectivity index is 1.89. The number of rotatable bonds is 3. The molecular weight excluding hydrogens is 188 g/mol. The lowest BCUT2D eigenvalue weighted by atomic mass is 9.93. The molecule has 0 unspecified atom stereocenters. The van der Waals surface area contributed by atoms with E-state index < -0.39 is 0 Å². The second-order valence-electron chi connectivity index (χ2n) is 4.65. The van der Waals surface area contributed by atoms with Crippen LogP contribution in [0.25, 0.3) is 0 Å². The molecule has 1 saturated heterocycles. The third kappa shape index (κ3) is 2.49. The summed E-state index contributed by atoms with van der Waals surface area (Å²) in [5, 5.41) is 0. The van der Waals surface area contributed by atoms with Gasteiger partial charge in [-0.25, -0.2) is 0 Å². The van der Waals surface area contributed by atoms with Crippen molar-refractivity contribution in [1.29, 1.82) is 0 Å². The Bertz CT molecular complexity index is 324. The van der Waals surface area contributed by atoms with Crippen molar-refractivity contribution in [1.82, 2.24) is 4.90 Å². The molecule has 1 aromatic carbocycles. The standard InChI is InChI=1S/C12H18N2O/c1-12(13)8-14(9-12)7-10-3-5-11(15-2)6-4-10/h3-6H,7-9,13H2,1-2H3. The number of ether oxygens (including phenoxy) is 1. The normalized spacial score (nSPS) is 19.7. The molecule has 0 amide bonds. The summed E-state index contributed by atoms with van der Waals surface area (Å²) >= 11 is 0. The highest BCUT2D eigenvalue weighted by molar-refractivity contribution is 5.27. The van der Waals surface area contributed by atoms with Crippen molar-refractivity contribution in [2.24, 2.45) is 5.73 Å². The Kier molecular flexibility index (Phi) is 2.67. The third-order valence-corrected chi connectivity index (χ3v) is 2.73. The quantitative estimate of drug-likeness (QED) is 0.808. The summed E-state index contributed by atoms with van der Waals surface area (Å²) in [7, 11) is 1.68. The van der Waals surface area contributed by atoms with Crippen LogP contribution in [0.2, 0.25) is 0 Å². The van der Waals surface area contributed by atoms with E-state index in [1.165, 1.54) is 5.56 Å². The van der Waals surface area contributed by atoms with Crippen LogP contribution in [0.3, 0.4) is 0 Å². The van der Waals surface area contributed by atoms with Gasteiger partial charge >= 0.3 is 0 Å². The first-order chi connectivity index (χ1) is 7.09. The van der Waals surface area contributed by atoms with Gasteiger partial charge in [0, 0.05) is 25.2 Å². The number of likely N-dealkylation sites (tertiary alicyclic amines) is 1. The van der Waals surface area contributed by atoms with Crippen molar-refractivity contribution in [3.8, 4) is 5.75 Å². The lowest BCUT2D eigenvalue weighted by Gasteiger charge is -2.45. The molecule has 1 heterocycles. The van der Waals surface area contributed by atoms with E-state index in [0.29, 0.717) is 0 Å². The predicted octanol–water partition coefficient (Wildman–Crippen LogP) is 1.23. The smallest absolute Gasteiger partial charge is 0.118 e. The fourth-order valence-corrected chi connectivity index (χ4v) is 2.08. The average Bonchev–Trinajstić information content (AvgIpc) is 2.16. The second-order valence-corrected chi connectivity index (χ2v) is 4.65. The number of nitrogens with zero attached hydrogens (tertiary/aromatic N) is 1. The van der Waals surface area contributed by atoms with Crippen LogP contribution in [0.5, 0.6) is 5.75 Å². The van der Waals surface area contributed by atoms with Crippen molar-refractivity contribution < 1.29 is 4.74 Å². The van der Waals surface area contributed by atoms with E-state index >= 15 is 0 Å². The van der Waals surface area contributed by atoms with Gasteiger partial charge in [-0.3, -0.25) is 4.90 Å². The highest BCUT2D eigenvalue weighted by Crippen LogP contribution is 2.20. The van der Waals surface area contributed by atoms with Gasteiger partial charge in [0.2, 0.25) is 0 Å². The van der Waals surface area contributed by atoms with Crippen molar-refractivity contribution in [2.45, 2.75) is 19.0 Å². The number of methoxy groups -OCH3 is 1. The molecule has 1 fully saturated rings. The minimum Gasteiger partial charge on any atom is -0.497 e. The molecule has 1 aliphatic rings. The highest BCUT2D eigenvalue weighted by Gasteiger charge is 2.34. The summed E-state index contributed by atoms with van der Waals surface area (Å²) < 4.78 is 5.11. The van der Waals surface area contributed by atoms with E-state index in [4.69, 9.17) is 10.5 Å². The van der Waals surface area contributed by atoms with Gasteiger partial charge in [0.15, 0.2) is 0 Å². The molecule has 3 nitrogen and oxygen atoms in total. The van der Waals surface area contributed by atoms with E-state index in [9.17, 15) is 0 Å². The molecule has 1 aliphatic heterocycles. The molecule has 15 heavy (non-hydrogen) atoms. The van der Waals surface area contributed by atoms with Gasteiger partial charge in [-0.2, -0.15) is 0 Å². The zero-order chi connectivity index (χ0) is 10.9. The van der Waals surface area contributed by atoms with Gasteiger partial charge < -0.3 is 10.5 Å². The van der Waals surface area contributed by atoms with Gasteiger partial charge in [-0.05, 0) is 24.6 Å². The fourth-order valence-electron chi connectivity index (χ4n) is 2.08. The maximum Gasteiger partial charge on any atom is 0.118 e. The Morgan fingerprint density at radius 3 is 2.40 bits per heavy atom. The first-order valence-electron chi connectivity index (χ1n) is 5.23. The molecule has 0 atom stereocenters. The van der Waals surface area contributed by atoms with E-state index in [-0.39, 0.29) is 5.54 Å². The van der Waals surface area contributed by atoms with Crippen molar-refractivity contribution in [3.63, 3.8) is 0 Å². The highest BCUT2D eigenvalue weighted by atomic mass is 16.5. The van der Waals surface area contributed by atoms with Crippen LogP contribution in [0.15, 0.2) is 24.3 Å². The Labute approximate surface area is 90.8 Å². The molecule has 1 aromatic rings. The summed E-state index contributed by atoms with van der Waals surface area (Å²) in [4.78, 5) is 2.35. The summed E-state index contributed by atoms with van der Waals surface area (Å²) in [6, 6.07) is 8.20. The number of hydrogen-bond acceptors (Lipinski definition) is 3. The number of hydrogen-bond donors (Lipinski definition) is 1. The van der Waals surface area contributed by atoms with Gasteiger partial charge in [0.25, 0.3) is 0 Å². The molecule has 2 rings (SSSR count). The van der Waals surface area contributed by atoms with E-state index in [1.54, 1.807) is 7.11 Å². The van der Waals surface area contributed by atoms with E-state index in [0.717, 1.165) is 25.4 Å². The molecule has 0 aromatic heterocycles. The SMILES string of the molecule is COc1ccc(CN2CC(C)(N)C2)cc1. The van der Waals surface area contributed by atoms with Crippen LogP contribution < -0.4 is 10.5 Å². The Hall–Kier alpha value is -1.06. The predicted molar refractivity (Wildman–Crippen MR) is 60.9 cm³/mol. The molecule has 82 valence electrons. The van der Waals surface area contributed by atoms with E-state index in [2.05, 4.69) is 24.0 Å². The first-order valence-corrected chi connectivity index (χ1v) is 5.23. The first kappa shape index (κ1) is 10.5. The summed E-state index contributed by atoms with van der Waals surface area (Å²) in [6.07, 6.45) is 0. The Morgan fingerprint density at radius 1 is 1.33 bits per heavy atom. The molecule has 0 spiro atoms. The van der Waals surface area contributed by atoms with Gasteiger partial charge in [0.1, 0.15) is 5.75 Å². The summed E-state index contributed by atoms with van der Waals surface area (Å²) in [6.45, 7) is 5.05. The Morgan fingerprint density at radius 2 is 1.93 bits per heavy atom. The third-order valence-electron chi connectivity index (χ3n) is 2.73. The zero-order valence-electron chi connectivity index (χ0n) is 9.36.